The van der Waals surface area contributed by atoms with Crippen molar-refractivity contribution in [3.63, 3.8) is 0 Å². The Hall–Kier alpha value is -4.13. The van der Waals surface area contributed by atoms with E-state index >= 15 is 0 Å². The van der Waals surface area contributed by atoms with Crippen LogP contribution in [0.4, 0.5) is 5.82 Å². The Balaban J connectivity index is 1.25. The summed E-state index contributed by atoms with van der Waals surface area (Å²) in [4.78, 5) is 23.7. The van der Waals surface area contributed by atoms with E-state index in [0.29, 0.717) is 5.92 Å². The fraction of sp³-hybridized carbons (Fsp3) is 0.364. The molecule has 1 aromatic carbocycles. The normalized spacial score (nSPS) is 18.4. The van der Waals surface area contributed by atoms with Crippen LogP contribution < -0.4 is 4.90 Å². The van der Waals surface area contributed by atoms with E-state index in [2.05, 4.69) is 95.0 Å². The maximum Gasteiger partial charge on any atom is 0.194 e. The van der Waals surface area contributed by atoms with Crippen LogP contribution in [0, 0.1) is 12.8 Å². The van der Waals surface area contributed by atoms with Crippen LogP contribution in [0.25, 0.3) is 27.9 Å². The van der Waals surface area contributed by atoms with Gasteiger partial charge in [0, 0.05) is 47.9 Å². The number of anilines is 1. The summed E-state index contributed by atoms with van der Waals surface area (Å²) in [6, 6.07) is 12.9. The van der Waals surface area contributed by atoms with Gasteiger partial charge in [0.25, 0.3) is 0 Å². The number of allylic oxidation sites excluding steroid dienone is 2. The Bertz CT molecular complexity index is 1620. The molecule has 5 heterocycles. The minimum Gasteiger partial charge on any atom is -0.484 e. The molecule has 1 unspecified atom stereocenters. The molecule has 0 aliphatic carbocycles. The number of rotatable bonds is 5. The number of fused-ring (bicyclic) bond motifs is 1. The first kappa shape index (κ1) is 26.1. The van der Waals surface area contributed by atoms with E-state index < -0.39 is 0 Å². The van der Waals surface area contributed by atoms with Crippen molar-refractivity contribution >= 4 is 28.3 Å². The van der Waals surface area contributed by atoms with E-state index in [1.54, 1.807) is 13.4 Å². The van der Waals surface area contributed by atoms with Crippen LogP contribution in [0.3, 0.4) is 0 Å². The number of nitrogens with zero attached hydrogens (tertiary/aromatic N) is 4. The number of hydrogen-bond donors (Lipinski definition) is 2. The molecule has 2 aliphatic rings. The molecule has 206 valence electrons. The van der Waals surface area contributed by atoms with E-state index in [4.69, 9.17) is 9.72 Å². The Kier molecular flexibility index (Phi) is 7.05. The van der Waals surface area contributed by atoms with Crippen LogP contribution in [0.5, 0.6) is 0 Å². The lowest BCUT2D eigenvalue weighted by atomic mass is 9.89. The van der Waals surface area contributed by atoms with Crippen molar-refractivity contribution < 1.29 is 4.74 Å². The van der Waals surface area contributed by atoms with Crippen molar-refractivity contribution in [3.05, 3.63) is 83.1 Å². The molecule has 0 radical (unpaired) electrons. The first-order chi connectivity index (χ1) is 19.5. The number of hydrogen-bond acceptors (Lipinski definition) is 5. The summed E-state index contributed by atoms with van der Waals surface area (Å²) in [6.07, 6.45) is 8.94. The molecule has 2 aliphatic heterocycles. The zero-order chi connectivity index (χ0) is 27.8. The molecule has 7 nitrogen and oxygen atoms in total. The van der Waals surface area contributed by atoms with Crippen LogP contribution in [0.1, 0.15) is 62.0 Å². The third-order valence-electron chi connectivity index (χ3n) is 8.72. The van der Waals surface area contributed by atoms with Gasteiger partial charge in [-0.1, -0.05) is 48.9 Å². The van der Waals surface area contributed by atoms with Gasteiger partial charge in [-0.15, -0.1) is 0 Å². The number of ether oxygens (including phenoxy) is 1. The van der Waals surface area contributed by atoms with Gasteiger partial charge in [0.2, 0.25) is 0 Å². The second kappa shape index (κ2) is 10.8. The maximum atomic E-state index is 5.50. The van der Waals surface area contributed by atoms with Gasteiger partial charge in [0.1, 0.15) is 17.8 Å². The van der Waals surface area contributed by atoms with Crippen LogP contribution in [0.15, 0.2) is 65.6 Å². The van der Waals surface area contributed by atoms with Crippen LogP contribution in [0.2, 0.25) is 0 Å². The molecular weight excluding hydrogens is 496 g/mol. The molecule has 7 heteroatoms. The van der Waals surface area contributed by atoms with Gasteiger partial charge in [0.15, 0.2) is 5.90 Å². The Labute approximate surface area is 236 Å². The van der Waals surface area contributed by atoms with E-state index in [1.807, 2.05) is 6.20 Å². The van der Waals surface area contributed by atoms with Crippen molar-refractivity contribution in [1.82, 2.24) is 19.9 Å². The molecule has 4 aromatic rings. The number of benzene rings is 1. The third kappa shape index (κ3) is 4.63. The van der Waals surface area contributed by atoms with Crippen molar-refractivity contribution in [2.45, 2.75) is 52.9 Å². The van der Waals surface area contributed by atoms with Crippen molar-refractivity contribution in [2.75, 3.05) is 25.1 Å². The quantitative estimate of drug-likeness (QED) is 0.284. The topological polar surface area (TPSA) is 82.2 Å². The minimum absolute atomic E-state index is 0.139. The van der Waals surface area contributed by atoms with Gasteiger partial charge >= 0.3 is 0 Å². The van der Waals surface area contributed by atoms with Gasteiger partial charge in [0.05, 0.1) is 18.4 Å². The zero-order valence-corrected chi connectivity index (χ0v) is 24.1. The summed E-state index contributed by atoms with van der Waals surface area (Å²) in [5, 5.41) is 1.05. The molecule has 40 heavy (non-hydrogen) atoms. The molecule has 1 atom stereocenters. The fourth-order valence-electron chi connectivity index (χ4n) is 6.29. The SMILES string of the molecule is CCc1c(C2CCN(c3ncnc4[nH]c(C5=CN=C(OC)C(C)C(C)=C5)cc34)CC2)[nH]c(-c2ccccc2)c1C. The molecule has 0 amide bonds. The standard InChI is InChI=1S/C33H38N6O/c1-6-26-22(4)29(23-10-8-7-9-11-23)38-30(26)24-12-14-39(15-13-24)32-27-17-28(37-31(27)35-19-36-32)25-16-20(2)21(3)33(40-5)34-18-25/h7-11,16-19,21,24,38H,6,12-15H2,1-5H3,(H,35,36,37). The molecule has 1 saturated heterocycles. The lowest BCUT2D eigenvalue weighted by molar-refractivity contribution is 0.378. The summed E-state index contributed by atoms with van der Waals surface area (Å²) >= 11 is 0. The van der Waals surface area contributed by atoms with Gasteiger partial charge in [-0.3, -0.25) is 0 Å². The van der Waals surface area contributed by atoms with Gasteiger partial charge < -0.3 is 19.6 Å². The summed E-state index contributed by atoms with van der Waals surface area (Å²) in [6.45, 7) is 10.7. The zero-order valence-electron chi connectivity index (χ0n) is 24.1. The lowest BCUT2D eigenvalue weighted by Gasteiger charge is -2.33. The van der Waals surface area contributed by atoms with Crippen molar-refractivity contribution in [1.29, 1.82) is 0 Å². The number of aromatic amines is 2. The average molecular weight is 535 g/mol. The predicted molar refractivity (Wildman–Crippen MR) is 164 cm³/mol. The van der Waals surface area contributed by atoms with E-state index in [1.165, 1.54) is 33.7 Å². The van der Waals surface area contributed by atoms with Crippen LogP contribution >= 0.6 is 0 Å². The molecule has 6 rings (SSSR count). The smallest absolute Gasteiger partial charge is 0.194 e. The lowest BCUT2D eigenvalue weighted by Crippen LogP contribution is -2.34. The maximum absolute atomic E-state index is 5.50. The fourth-order valence-corrected chi connectivity index (χ4v) is 6.29. The molecule has 3 aromatic heterocycles. The molecule has 0 bridgehead atoms. The van der Waals surface area contributed by atoms with Crippen molar-refractivity contribution in [3.8, 4) is 11.3 Å². The number of aromatic nitrogens is 4. The molecule has 1 fully saturated rings. The Morgan fingerprint density at radius 3 is 2.55 bits per heavy atom. The van der Waals surface area contributed by atoms with E-state index in [9.17, 15) is 0 Å². The number of H-pyrrole nitrogens is 2. The molecule has 0 saturated carbocycles. The second-order valence-electron chi connectivity index (χ2n) is 11.0. The number of piperidine rings is 1. The first-order valence-corrected chi connectivity index (χ1v) is 14.3. The highest BCUT2D eigenvalue weighted by atomic mass is 16.5. The average Bonchev–Trinajstić information content (AvgIpc) is 3.54. The highest BCUT2D eigenvalue weighted by Gasteiger charge is 2.27. The predicted octanol–water partition coefficient (Wildman–Crippen LogP) is 7.19. The van der Waals surface area contributed by atoms with Crippen LogP contribution in [-0.2, 0) is 11.2 Å². The highest BCUT2D eigenvalue weighted by molar-refractivity contribution is 5.93. The Morgan fingerprint density at radius 1 is 1.05 bits per heavy atom. The molecule has 2 N–H and O–H groups in total. The summed E-state index contributed by atoms with van der Waals surface area (Å²) in [5.41, 5.74) is 10.9. The second-order valence-corrected chi connectivity index (χ2v) is 11.0. The summed E-state index contributed by atoms with van der Waals surface area (Å²) in [5.74, 6) is 2.38. The minimum atomic E-state index is 0.139. The Morgan fingerprint density at radius 2 is 1.82 bits per heavy atom. The van der Waals surface area contributed by atoms with Crippen molar-refractivity contribution in [2.24, 2.45) is 10.9 Å². The summed E-state index contributed by atoms with van der Waals surface area (Å²) < 4.78 is 5.50. The molecular formula is C33H38N6O. The van der Waals surface area contributed by atoms with Gasteiger partial charge in [-0.05, 0) is 62.8 Å². The van der Waals surface area contributed by atoms with Gasteiger partial charge in [-0.2, -0.15) is 0 Å². The monoisotopic (exact) mass is 534 g/mol. The summed E-state index contributed by atoms with van der Waals surface area (Å²) in [7, 11) is 1.68. The number of methoxy groups -OCH3 is 1. The highest BCUT2D eigenvalue weighted by Crippen LogP contribution is 2.38. The largest absolute Gasteiger partial charge is 0.484 e. The molecule has 0 spiro atoms. The van der Waals surface area contributed by atoms with Gasteiger partial charge in [-0.25, -0.2) is 15.0 Å². The number of aliphatic imine (C=N–C) groups is 1. The van der Waals surface area contributed by atoms with Crippen LogP contribution in [-0.4, -0.2) is 46.0 Å². The van der Waals surface area contributed by atoms with E-state index in [0.717, 1.165) is 66.4 Å². The van der Waals surface area contributed by atoms with E-state index in [-0.39, 0.29) is 5.92 Å². The number of nitrogens with one attached hydrogen (secondary N) is 2. The third-order valence-corrected chi connectivity index (χ3v) is 8.72. The first-order valence-electron chi connectivity index (χ1n) is 14.3.